The van der Waals surface area contributed by atoms with Crippen LogP contribution < -0.4 is 5.32 Å². The minimum atomic E-state index is 0.146. The van der Waals surface area contributed by atoms with E-state index in [2.05, 4.69) is 21.8 Å². The molecule has 0 saturated heterocycles. The molecule has 1 aromatic heterocycles. The topological polar surface area (TPSA) is 50.1 Å². The Morgan fingerprint density at radius 3 is 3.00 bits per heavy atom. The standard InChI is InChI=1S/C13H18ClN3O/c1-9(15-6-3-7-18)13-16-11-8-10(14)4-5-12(11)17(13)2/h4-5,8-9,15,18H,3,6-7H2,1-2H3. The molecule has 0 fully saturated rings. The van der Waals surface area contributed by atoms with Crippen LogP contribution >= 0.6 is 11.6 Å². The summed E-state index contributed by atoms with van der Waals surface area (Å²) in [7, 11) is 2.00. The summed E-state index contributed by atoms with van der Waals surface area (Å²) in [5.41, 5.74) is 1.99. The highest BCUT2D eigenvalue weighted by atomic mass is 35.5. The molecule has 0 aliphatic carbocycles. The van der Waals surface area contributed by atoms with E-state index in [1.807, 2.05) is 25.2 Å². The zero-order valence-corrected chi connectivity index (χ0v) is 11.4. The molecule has 0 aliphatic rings. The molecule has 0 bridgehead atoms. The lowest BCUT2D eigenvalue weighted by Gasteiger charge is -2.13. The number of imidazole rings is 1. The highest BCUT2D eigenvalue weighted by Gasteiger charge is 2.13. The van der Waals surface area contributed by atoms with E-state index in [-0.39, 0.29) is 12.6 Å². The summed E-state index contributed by atoms with van der Waals surface area (Å²) in [4.78, 5) is 4.61. The molecule has 5 heteroatoms. The van der Waals surface area contributed by atoms with E-state index >= 15 is 0 Å². The van der Waals surface area contributed by atoms with Gasteiger partial charge in [0.25, 0.3) is 0 Å². The van der Waals surface area contributed by atoms with Crippen LogP contribution in [0.3, 0.4) is 0 Å². The number of aromatic nitrogens is 2. The fourth-order valence-corrected chi connectivity index (χ4v) is 2.23. The molecule has 1 heterocycles. The lowest BCUT2D eigenvalue weighted by atomic mass is 10.3. The molecule has 2 N–H and O–H groups in total. The summed E-state index contributed by atoms with van der Waals surface area (Å²) in [5, 5.41) is 12.8. The molecule has 0 saturated carbocycles. The highest BCUT2D eigenvalue weighted by Crippen LogP contribution is 2.22. The Morgan fingerprint density at radius 2 is 2.28 bits per heavy atom. The smallest absolute Gasteiger partial charge is 0.126 e. The van der Waals surface area contributed by atoms with Gasteiger partial charge in [-0.25, -0.2) is 4.98 Å². The third-order valence-corrected chi connectivity index (χ3v) is 3.29. The Labute approximate surface area is 112 Å². The van der Waals surface area contributed by atoms with E-state index in [0.717, 1.165) is 29.8 Å². The first kappa shape index (κ1) is 13.3. The number of aliphatic hydroxyl groups is 1. The second-order valence-electron chi connectivity index (χ2n) is 4.42. The van der Waals surface area contributed by atoms with Gasteiger partial charge < -0.3 is 15.0 Å². The number of halogens is 1. The number of aryl methyl sites for hydroxylation is 1. The zero-order valence-electron chi connectivity index (χ0n) is 10.7. The second-order valence-corrected chi connectivity index (χ2v) is 4.85. The summed E-state index contributed by atoms with van der Waals surface area (Å²) in [6.07, 6.45) is 0.750. The van der Waals surface area contributed by atoms with Crippen LogP contribution in [0.25, 0.3) is 11.0 Å². The summed E-state index contributed by atoms with van der Waals surface area (Å²) in [6, 6.07) is 5.88. The Balaban J connectivity index is 2.25. The van der Waals surface area contributed by atoms with Crippen molar-refractivity contribution in [3.63, 3.8) is 0 Å². The van der Waals surface area contributed by atoms with Gasteiger partial charge in [0.1, 0.15) is 5.82 Å². The molecule has 1 atom stereocenters. The number of fused-ring (bicyclic) bond motifs is 1. The van der Waals surface area contributed by atoms with E-state index in [1.165, 1.54) is 0 Å². The van der Waals surface area contributed by atoms with E-state index in [0.29, 0.717) is 5.02 Å². The maximum atomic E-state index is 8.77. The third-order valence-electron chi connectivity index (χ3n) is 3.05. The van der Waals surface area contributed by atoms with Gasteiger partial charge in [-0.15, -0.1) is 0 Å². The molecular formula is C13H18ClN3O. The molecule has 2 aromatic rings. The molecule has 0 spiro atoms. The number of nitrogens with zero attached hydrogens (tertiary/aromatic N) is 2. The number of nitrogens with one attached hydrogen (secondary N) is 1. The highest BCUT2D eigenvalue weighted by molar-refractivity contribution is 6.31. The van der Waals surface area contributed by atoms with Gasteiger partial charge in [0.05, 0.1) is 17.1 Å². The summed E-state index contributed by atoms with van der Waals surface area (Å²) in [6.45, 7) is 3.06. The van der Waals surface area contributed by atoms with Crippen molar-refractivity contribution < 1.29 is 5.11 Å². The van der Waals surface area contributed by atoms with Crippen molar-refractivity contribution >= 4 is 22.6 Å². The van der Waals surface area contributed by atoms with E-state index in [9.17, 15) is 0 Å². The molecule has 0 amide bonds. The summed E-state index contributed by atoms with van der Waals surface area (Å²) < 4.78 is 2.07. The van der Waals surface area contributed by atoms with Crippen LogP contribution in [-0.4, -0.2) is 27.8 Å². The first-order chi connectivity index (χ1) is 8.63. The fraction of sp³-hybridized carbons (Fsp3) is 0.462. The first-order valence-electron chi connectivity index (χ1n) is 6.09. The Hall–Kier alpha value is -1.10. The Bertz CT molecular complexity index is 538. The van der Waals surface area contributed by atoms with Crippen molar-refractivity contribution in [3.05, 3.63) is 29.0 Å². The number of benzene rings is 1. The summed E-state index contributed by atoms with van der Waals surface area (Å²) >= 11 is 5.97. The fourth-order valence-electron chi connectivity index (χ4n) is 2.07. The van der Waals surface area contributed by atoms with Crippen LogP contribution in [-0.2, 0) is 7.05 Å². The maximum absolute atomic E-state index is 8.77. The van der Waals surface area contributed by atoms with E-state index in [1.54, 1.807) is 0 Å². The minimum absolute atomic E-state index is 0.146. The van der Waals surface area contributed by atoms with Crippen LogP contribution in [0, 0.1) is 0 Å². The molecule has 2 rings (SSSR count). The van der Waals surface area contributed by atoms with Gasteiger partial charge >= 0.3 is 0 Å². The quantitative estimate of drug-likeness (QED) is 0.817. The Morgan fingerprint density at radius 1 is 1.50 bits per heavy atom. The monoisotopic (exact) mass is 267 g/mol. The number of hydrogen-bond donors (Lipinski definition) is 2. The average molecular weight is 268 g/mol. The number of hydrogen-bond acceptors (Lipinski definition) is 3. The maximum Gasteiger partial charge on any atom is 0.126 e. The predicted molar refractivity (Wildman–Crippen MR) is 73.8 cm³/mol. The molecule has 98 valence electrons. The van der Waals surface area contributed by atoms with Gasteiger partial charge in [-0.05, 0) is 38.1 Å². The number of rotatable bonds is 5. The molecule has 18 heavy (non-hydrogen) atoms. The zero-order chi connectivity index (χ0) is 13.1. The number of aliphatic hydroxyl groups excluding tert-OH is 1. The van der Waals surface area contributed by atoms with E-state index < -0.39 is 0 Å². The van der Waals surface area contributed by atoms with Gasteiger partial charge in [-0.1, -0.05) is 11.6 Å². The predicted octanol–water partition coefficient (Wildman–Crippen LogP) is 2.26. The van der Waals surface area contributed by atoms with Crippen LogP contribution in [0.4, 0.5) is 0 Å². The van der Waals surface area contributed by atoms with Crippen molar-refractivity contribution in [2.75, 3.05) is 13.2 Å². The van der Waals surface area contributed by atoms with Crippen molar-refractivity contribution in [2.45, 2.75) is 19.4 Å². The Kier molecular flexibility index (Phi) is 4.22. The lowest BCUT2D eigenvalue weighted by molar-refractivity contribution is 0.283. The van der Waals surface area contributed by atoms with Crippen LogP contribution in [0.1, 0.15) is 25.2 Å². The van der Waals surface area contributed by atoms with Crippen molar-refractivity contribution in [1.82, 2.24) is 14.9 Å². The van der Waals surface area contributed by atoms with Gasteiger partial charge in [-0.3, -0.25) is 0 Å². The minimum Gasteiger partial charge on any atom is -0.396 e. The van der Waals surface area contributed by atoms with Gasteiger partial charge in [0, 0.05) is 18.7 Å². The normalized spacial score (nSPS) is 13.1. The van der Waals surface area contributed by atoms with Crippen molar-refractivity contribution in [2.24, 2.45) is 7.05 Å². The first-order valence-corrected chi connectivity index (χ1v) is 6.47. The van der Waals surface area contributed by atoms with Crippen LogP contribution in [0.15, 0.2) is 18.2 Å². The molecule has 0 aliphatic heterocycles. The molecule has 1 unspecified atom stereocenters. The molecule has 0 radical (unpaired) electrons. The average Bonchev–Trinajstić information content (AvgIpc) is 2.66. The van der Waals surface area contributed by atoms with Crippen LogP contribution in [0.5, 0.6) is 0 Å². The second kappa shape index (κ2) is 5.69. The van der Waals surface area contributed by atoms with Crippen molar-refractivity contribution in [1.29, 1.82) is 0 Å². The van der Waals surface area contributed by atoms with E-state index in [4.69, 9.17) is 16.7 Å². The van der Waals surface area contributed by atoms with Crippen LogP contribution in [0.2, 0.25) is 5.02 Å². The summed E-state index contributed by atoms with van der Waals surface area (Å²) in [5.74, 6) is 0.977. The van der Waals surface area contributed by atoms with Gasteiger partial charge in [0.15, 0.2) is 0 Å². The molecule has 4 nitrogen and oxygen atoms in total. The van der Waals surface area contributed by atoms with Crippen molar-refractivity contribution in [3.8, 4) is 0 Å². The molecule has 1 aromatic carbocycles. The molecular weight excluding hydrogens is 250 g/mol. The lowest BCUT2D eigenvalue weighted by Crippen LogP contribution is -2.23. The van der Waals surface area contributed by atoms with Gasteiger partial charge in [0.2, 0.25) is 0 Å². The largest absolute Gasteiger partial charge is 0.396 e. The van der Waals surface area contributed by atoms with Gasteiger partial charge in [-0.2, -0.15) is 0 Å². The third kappa shape index (κ3) is 2.66. The SMILES string of the molecule is CC(NCCCO)c1nc2cc(Cl)ccc2n1C.